The molecule has 0 fully saturated rings. The molecule has 28 heavy (non-hydrogen) atoms. The lowest BCUT2D eigenvalue weighted by Gasteiger charge is -2.14. The highest BCUT2D eigenvalue weighted by Gasteiger charge is 2.34. The lowest BCUT2D eigenvalue weighted by atomic mass is 10.2. The Kier molecular flexibility index (Phi) is 5.62. The maximum Gasteiger partial charge on any atom is 0.433 e. The number of halogens is 3. The summed E-state index contributed by atoms with van der Waals surface area (Å²) >= 11 is 0. The number of ether oxygens (including phenoxy) is 2. The summed E-state index contributed by atoms with van der Waals surface area (Å²) < 4.78 is 50.6. The minimum absolute atomic E-state index is 0.00162. The second-order valence-electron chi connectivity index (χ2n) is 5.62. The zero-order valence-electron chi connectivity index (χ0n) is 15.1. The molecule has 0 saturated heterocycles. The number of anilines is 2. The van der Waals surface area contributed by atoms with Crippen molar-refractivity contribution < 1.29 is 22.6 Å². The molecule has 0 unspecified atom stereocenters. The van der Waals surface area contributed by atoms with Crippen molar-refractivity contribution in [2.75, 3.05) is 19.0 Å². The SMILES string of the molecule is CCOc1cc(Nc2cc(C(F)(F)F)nc(-c3ccncc3)n2)ccc1OC. The zero-order valence-corrected chi connectivity index (χ0v) is 15.1. The van der Waals surface area contributed by atoms with Gasteiger partial charge in [0.2, 0.25) is 0 Å². The van der Waals surface area contributed by atoms with Crippen molar-refractivity contribution in [1.82, 2.24) is 15.0 Å². The first-order valence-corrected chi connectivity index (χ1v) is 8.35. The van der Waals surface area contributed by atoms with Crippen molar-refractivity contribution in [1.29, 1.82) is 0 Å². The average molecular weight is 390 g/mol. The Morgan fingerprint density at radius 2 is 1.75 bits per heavy atom. The van der Waals surface area contributed by atoms with Gasteiger partial charge in [0.1, 0.15) is 5.82 Å². The van der Waals surface area contributed by atoms with Gasteiger partial charge in [0, 0.05) is 35.8 Å². The Balaban J connectivity index is 2.01. The monoisotopic (exact) mass is 390 g/mol. The van der Waals surface area contributed by atoms with E-state index in [1.54, 1.807) is 30.3 Å². The number of nitrogens with one attached hydrogen (secondary N) is 1. The topological polar surface area (TPSA) is 69.2 Å². The molecular weight excluding hydrogens is 373 g/mol. The van der Waals surface area contributed by atoms with Gasteiger partial charge in [-0.05, 0) is 31.2 Å². The van der Waals surface area contributed by atoms with E-state index in [1.165, 1.54) is 19.5 Å². The van der Waals surface area contributed by atoms with Crippen LogP contribution < -0.4 is 14.8 Å². The summed E-state index contributed by atoms with van der Waals surface area (Å²) in [6, 6.07) is 8.88. The van der Waals surface area contributed by atoms with E-state index in [-0.39, 0.29) is 11.6 Å². The molecule has 0 bridgehead atoms. The van der Waals surface area contributed by atoms with Gasteiger partial charge in [-0.3, -0.25) is 4.98 Å². The molecule has 1 N–H and O–H groups in total. The Bertz CT molecular complexity index is 950. The zero-order chi connectivity index (χ0) is 20.1. The van der Waals surface area contributed by atoms with E-state index < -0.39 is 11.9 Å². The lowest BCUT2D eigenvalue weighted by molar-refractivity contribution is -0.141. The fraction of sp³-hybridized carbons (Fsp3) is 0.211. The van der Waals surface area contributed by atoms with Crippen LogP contribution in [0.5, 0.6) is 11.5 Å². The maximum absolute atomic E-state index is 13.3. The standard InChI is InChI=1S/C19H17F3N4O2/c1-3-28-15-10-13(4-5-14(15)27-2)24-17-11-16(19(20,21)22)25-18(26-17)12-6-8-23-9-7-12/h4-11H,3H2,1-2H3,(H,24,25,26). The van der Waals surface area contributed by atoms with Crippen molar-refractivity contribution in [2.24, 2.45) is 0 Å². The van der Waals surface area contributed by atoms with E-state index in [2.05, 4.69) is 20.3 Å². The van der Waals surface area contributed by atoms with Crippen LogP contribution in [0.4, 0.5) is 24.7 Å². The van der Waals surface area contributed by atoms with Gasteiger partial charge in [0.05, 0.1) is 13.7 Å². The molecule has 0 saturated carbocycles. The minimum Gasteiger partial charge on any atom is -0.493 e. The molecule has 0 aliphatic carbocycles. The predicted molar refractivity (Wildman–Crippen MR) is 97.7 cm³/mol. The lowest BCUT2D eigenvalue weighted by Crippen LogP contribution is -2.11. The summed E-state index contributed by atoms with van der Waals surface area (Å²) in [5.41, 5.74) is -0.124. The number of benzene rings is 1. The van der Waals surface area contributed by atoms with Gasteiger partial charge in [0.15, 0.2) is 23.0 Å². The van der Waals surface area contributed by atoms with Crippen molar-refractivity contribution in [3.05, 3.63) is 54.5 Å². The number of methoxy groups -OCH3 is 1. The first-order valence-electron chi connectivity index (χ1n) is 8.35. The molecule has 0 aliphatic heterocycles. The van der Waals surface area contributed by atoms with Crippen molar-refractivity contribution >= 4 is 11.5 Å². The van der Waals surface area contributed by atoms with Crippen LogP contribution in [0.25, 0.3) is 11.4 Å². The molecule has 0 amide bonds. The Hall–Kier alpha value is -3.36. The number of alkyl halides is 3. The molecule has 1 aromatic carbocycles. The molecule has 2 heterocycles. The van der Waals surface area contributed by atoms with Crippen molar-refractivity contribution in [3.8, 4) is 22.9 Å². The Labute approximate surface area is 159 Å². The summed E-state index contributed by atoms with van der Waals surface area (Å²) in [6.07, 6.45) is -1.69. The highest BCUT2D eigenvalue weighted by molar-refractivity contribution is 5.64. The van der Waals surface area contributed by atoms with E-state index in [9.17, 15) is 13.2 Å². The van der Waals surface area contributed by atoms with Gasteiger partial charge in [-0.2, -0.15) is 13.2 Å². The third-order valence-electron chi connectivity index (χ3n) is 3.69. The third kappa shape index (κ3) is 4.48. The Morgan fingerprint density at radius 3 is 2.39 bits per heavy atom. The molecule has 2 aromatic heterocycles. The van der Waals surface area contributed by atoms with Gasteiger partial charge in [0.25, 0.3) is 0 Å². The molecular formula is C19H17F3N4O2. The van der Waals surface area contributed by atoms with Crippen LogP contribution in [0.2, 0.25) is 0 Å². The first-order chi connectivity index (χ1) is 13.4. The summed E-state index contributed by atoms with van der Waals surface area (Å²) in [4.78, 5) is 11.7. The van der Waals surface area contributed by atoms with Crippen molar-refractivity contribution in [2.45, 2.75) is 13.1 Å². The highest BCUT2D eigenvalue weighted by atomic mass is 19.4. The normalized spacial score (nSPS) is 11.2. The number of hydrogen-bond acceptors (Lipinski definition) is 6. The second-order valence-corrected chi connectivity index (χ2v) is 5.62. The van der Waals surface area contributed by atoms with E-state index >= 15 is 0 Å². The quantitative estimate of drug-likeness (QED) is 0.658. The summed E-state index contributed by atoms with van der Waals surface area (Å²) in [6.45, 7) is 2.23. The van der Waals surface area contributed by atoms with E-state index in [4.69, 9.17) is 9.47 Å². The summed E-state index contributed by atoms with van der Waals surface area (Å²) in [7, 11) is 1.51. The molecule has 9 heteroatoms. The number of nitrogens with zero attached hydrogens (tertiary/aromatic N) is 3. The van der Waals surface area contributed by atoms with Crippen LogP contribution in [-0.4, -0.2) is 28.7 Å². The van der Waals surface area contributed by atoms with Crippen LogP contribution in [-0.2, 0) is 6.18 Å². The molecule has 0 radical (unpaired) electrons. The molecule has 3 rings (SSSR count). The fourth-order valence-electron chi connectivity index (χ4n) is 2.46. The summed E-state index contributed by atoms with van der Waals surface area (Å²) in [5, 5.41) is 2.87. The van der Waals surface area contributed by atoms with Gasteiger partial charge < -0.3 is 14.8 Å². The van der Waals surface area contributed by atoms with Crippen LogP contribution in [0.1, 0.15) is 12.6 Å². The number of pyridine rings is 1. The van der Waals surface area contributed by atoms with Gasteiger partial charge >= 0.3 is 6.18 Å². The van der Waals surface area contributed by atoms with E-state index in [1.807, 2.05) is 6.92 Å². The maximum atomic E-state index is 13.3. The molecule has 6 nitrogen and oxygen atoms in total. The van der Waals surface area contributed by atoms with Gasteiger partial charge in [-0.1, -0.05) is 0 Å². The van der Waals surface area contributed by atoms with Crippen LogP contribution in [0.15, 0.2) is 48.8 Å². The molecule has 3 aromatic rings. The van der Waals surface area contributed by atoms with Gasteiger partial charge in [-0.25, -0.2) is 9.97 Å². The fourth-order valence-corrected chi connectivity index (χ4v) is 2.46. The van der Waals surface area contributed by atoms with Crippen LogP contribution in [0.3, 0.4) is 0 Å². The molecule has 0 atom stereocenters. The number of hydrogen-bond donors (Lipinski definition) is 1. The smallest absolute Gasteiger partial charge is 0.433 e. The summed E-state index contributed by atoms with van der Waals surface area (Å²) in [5.74, 6) is 0.929. The minimum atomic E-state index is -4.61. The first kappa shape index (κ1) is 19.4. The van der Waals surface area contributed by atoms with Crippen LogP contribution in [0, 0.1) is 0 Å². The Morgan fingerprint density at radius 1 is 1.00 bits per heavy atom. The molecule has 146 valence electrons. The van der Waals surface area contributed by atoms with E-state index in [0.717, 1.165) is 6.07 Å². The average Bonchev–Trinajstić information content (AvgIpc) is 2.68. The highest BCUT2D eigenvalue weighted by Crippen LogP contribution is 2.34. The van der Waals surface area contributed by atoms with Crippen molar-refractivity contribution in [3.63, 3.8) is 0 Å². The van der Waals surface area contributed by atoms with Crippen LogP contribution >= 0.6 is 0 Å². The number of rotatable bonds is 6. The number of aromatic nitrogens is 3. The second kappa shape index (κ2) is 8.12. The molecule has 0 spiro atoms. The van der Waals surface area contributed by atoms with E-state index in [0.29, 0.717) is 29.4 Å². The largest absolute Gasteiger partial charge is 0.493 e. The van der Waals surface area contributed by atoms with Gasteiger partial charge in [-0.15, -0.1) is 0 Å². The third-order valence-corrected chi connectivity index (χ3v) is 3.69. The predicted octanol–water partition coefficient (Wildman–Crippen LogP) is 4.71. The molecule has 0 aliphatic rings.